The van der Waals surface area contributed by atoms with Gasteiger partial charge in [0.15, 0.2) is 0 Å². The van der Waals surface area contributed by atoms with E-state index in [1.165, 1.54) is 0 Å². The van der Waals surface area contributed by atoms with Gasteiger partial charge in [0.2, 0.25) is 0 Å². The summed E-state index contributed by atoms with van der Waals surface area (Å²) in [6.07, 6.45) is 10.8. The van der Waals surface area contributed by atoms with E-state index < -0.39 is 0 Å². The van der Waals surface area contributed by atoms with E-state index in [-0.39, 0.29) is 0 Å². The summed E-state index contributed by atoms with van der Waals surface area (Å²) in [7, 11) is 0. The van der Waals surface area contributed by atoms with E-state index in [1.54, 1.807) is 24.7 Å². The van der Waals surface area contributed by atoms with Crippen LogP contribution >= 0.6 is 0 Å². The van der Waals surface area contributed by atoms with E-state index in [2.05, 4.69) is 17.0 Å². The maximum atomic E-state index is 9.27. The van der Waals surface area contributed by atoms with Crippen LogP contribution in [0.25, 0.3) is 0 Å². The summed E-state index contributed by atoms with van der Waals surface area (Å²) in [6, 6.07) is 14.9. The molecule has 0 atom stereocenters. The lowest BCUT2D eigenvalue weighted by Crippen LogP contribution is -1.98. The van der Waals surface area contributed by atoms with Crippen LogP contribution in [-0.4, -0.2) is 9.55 Å². The maximum absolute atomic E-state index is 9.27. The Labute approximate surface area is 134 Å². The van der Waals surface area contributed by atoms with E-state index in [4.69, 9.17) is 11.2 Å². The Balaban J connectivity index is 1.90. The molecule has 0 saturated carbocycles. The molecule has 0 radical (unpaired) electrons. The summed E-state index contributed by atoms with van der Waals surface area (Å²) < 4.78 is 7.81. The summed E-state index contributed by atoms with van der Waals surface area (Å²) in [6.45, 7) is 0.659. The second kappa shape index (κ2) is 6.51. The van der Waals surface area contributed by atoms with Crippen LogP contribution in [0.5, 0.6) is 11.5 Å². The van der Waals surface area contributed by atoms with Crippen LogP contribution in [0.3, 0.4) is 0 Å². The second-order valence-corrected chi connectivity index (χ2v) is 4.95. The van der Waals surface area contributed by atoms with Crippen molar-refractivity contribution in [2.45, 2.75) is 6.54 Å². The monoisotopic (exact) mass is 299 g/mol. The van der Waals surface area contributed by atoms with Gasteiger partial charge in [0, 0.05) is 24.5 Å². The lowest BCUT2D eigenvalue weighted by Gasteiger charge is -2.10. The van der Waals surface area contributed by atoms with Crippen molar-refractivity contribution in [3.05, 3.63) is 77.9 Å². The fourth-order valence-electron chi connectivity index (χ4n) is 2.21. The fourth-order valence-corrected chi connectivity index (χ4v) is 2.21. The molecule has 0 aliphatic rings. The lowest BCUT2D eigenvalue weighted by atomic mass is 10.1. The fraction of sp³-hybridized carbons (Fsp3) is 0.0526. The van der Waals surface area contributed by atoms with Crippen molar-refractivity contribution in [2.24, 2.45) is 0 Å². The molecule has 3 rings (SSSR count). The highest BCUT2D eigenvalue weighted by atomic mass is 16.5. The number of imidazole rings is 1. The van der Waals surface area contributed by atoms with Crippen LogP contribution in [0.4, 0.5) is 0 Å². The summed E-state index contributed by atoms with van der Waals surface area (Å²) in [4.78, 5) is 4.02. The molecule has 0 amide bonds. The van der Waals surface area contributed by atoms with Crippen molar-refractivity contribution in [2.75, 3.05) is 0 Å². The number of rotatable bonds is 4. The van der Waals surface area contributed by atoms with Crippen LogP contribution in [0.15, 0.2) is 61.2 Å². The summed E-state index contributed by atoms with van der Waals surface area (Å²) >= 11 is 0. The minimum Gasteiger partial charge on any atom is -0.456 e. The first-order valence-electron chi connectivity index (χ1n) is 7.02. The molecule has 2 aromatic carbocycles. The van der Waals surface area contributed by atoms with Crippen LogP contribution < -0.4 is 4.74 Å². The van der Waals surface area contributed by atoms with E-state index in [9.17, 15) is 5.26 Å². The van der Waals surface area contributed by atoms with Crippen molar-refractivity contribution >= 4 is 0 Å². The first-order valence-corrected chi connectivity index (χ1v) is 7.02. The zero-order valence-corrected chi connectivity index (χ0v) is 12.3. The number of hydrogen-bond acceptors (Lipinski definition) is 3. The standard InChI is InChI=1S/C19H13N3O/c1-2-15-4-3-5-18(10-15)23-19-11-16(6-7-17(19)12-20)13-22-9-8-21-14-22/h1,3-11,14H,13H2. The number of hydrogen-bond donors (Lipinski definition) is 0. The largest absolute Gasteiger partial charge is 0.456 e. The Morgan fingerprint density at radius 3 is 2.87 bits per heavy atom. The first-order chi connectivity index (χ1) is 11.3. The van der Waals surface area contributed by atoms with E-state index in [0.29, 0.717) is 23.6 Å². The Morgan fingerprint density at radius 2 is 2.13 bits per heavy atom. The van der Waals surface area contributed by atoms with Gasteiger partial charge in [0.1, 0.15) is 17.6 Å². The Kier molecular flexibility index (Phi) is 4.09. The van der Waals surface area contributed by atoms with Crippen molar-refractivity contribution in [1.29, 1.82) is 5.26 Å². The molecule has 3 aromatic rings. The Hall–Kier alpha value is -3.50. The van der Waals surface area contributed by atoms with Gasteiger partial charge in [-0.1, -0.05) is 18.1 Å². The van der Waals surface area contributed by atoms with Gasteiger partial charge >= 0.3 is 0 Å². The lowest BCUT2D eigenvalue weighted by molar-refractivity contribution is 0.480. The molecule has 0 fully saturated rings. The van der Waals surface area contributed by atoms with Gasteiger partial charge in [-0.3, -0.25) is 0 Å². The Bertz CT molecular complexity index is 899. The summed E-state index contributed by atoms with van der Waals surface area (Å²) in [5.74, 6) is 3.69. The van der Waals surface area contributed by atoms with Gasteiger partial charge in [0.25, 0.3) is 0 Å². The van der Waals surface area contributed by atoms with Gasteiger partial charge in [-0.05, 0) is 35.9 Å². The van der Waals surface area contributed by atoms with Crippen molar-refractivity contribution in [3.63, 3.8) is 0 Å². The van der Waals surface area contributed by atoms with Crippen molar-refractivity contribution in [3.8, 4) is 29.9 Å². The molecule has 1 heterocycles. The zero-order valence-electron chi connectivity index (χ0n) is 12.3. The second-order valence-electron chi connectivity index (χ2n) is 4.95. The molecule has 4 heteroatoms. The van der Waals surface area contributed by atoms with Crippen LogP contribution in [-0.2, 0) is 6.54 Å². The molecular weight excluding hydrogens is 286 g/mol. The summed E-state index contributed by atoms with van der Waals surface area (Å²) in [5, 5.41) is 9.27. The topological polar surface area (TPSA) is 50.8 Å². The minimum absolute atomic E-state index is 0.477. The van der Waals surface area contributed by atoms with Gasteiger partial charge < -0.3 is 9.30 Å². The van der Waals surface area contributed by atoms with Gasteiger partial charge in [-0.15, -0.1) is 6.42 Å². The van der Waals surface area contributed by atoms with E-state index >= 15 is 0 Å². The quantitative estimate of drug-likeness (QED) is 0.692. The van der Waals surface area contributed by atoms with Crippen LogP contribution in [0, 0.1) is 23.7 Å². The van der Waals surface area contributed by atoms with Gasteiger partial charge in [-0.25, -0.2) is 4.98 Å². The number of nitriles is 1. The average molecular weight is 299 g/mol. The molecule has 1 aromatic heterocycles. The highest BCUT2D eigenvalue weighted by molar-refractivity contribution is 5.48. The highest BCUT2D eigenvalue weighted by Crippen LogP contribution is 2.27. The molecule has 0 spiro atoms. The molecule has 0 aliphatic heterocycles. The third-order valence-electron chi connectivity index (χ3n) is 3.32. The van der Waals surface area contributed by atoms with E-state index in [1.807, 2.05) is 41.1 Å². The molecule has 0 unspecified atom stereocenters. The third kappa shape index (κ3) is 3.40. The third-order valence-corrected chi connectivity index (χ3v) is 3.32. The number of ether oxygens (including phenoxy) is 1. The molecule has 110 valence electrons. The van der Waals surface area contributed by atoms with Gasteiger partial charge in [0.05, 0.1) is 11.9 Å². The number of benzene rings is 2. The number of aromatic nitrogens is 2. The molecule has 4 nitrogen and oxygen atoms in total. The van der Waals surface area contributed by atoms with Gasteiger partial charge in [-0.2, -0.15) is 5.26 Å². The zero-order chi connectivity index (χ0) is 16.1. The first kappa shape index (κ1) is 14.4. The predicted molar refractivity (Wildman–Crippen MR) is 86.9 cm³/mol. The molecule has 0 N–H and O–H groups in total. The highest BCUT2D eigenvalue weighted by Gasteiger charge is 2.07. The average Bonchev–Trinajstić information content (AvgIpc) is 3.08. The van der Waals surface area contributed by atoms with Crippen molar-refractivity contribution < 1.29 is 4.74 Å². The van der Waals surface area contributed by atoms with E-state index in [0.717, 1.165) is 11.1 Å². The normalized spacial score (nSPS) is 9.83. The molecule has 0 saturated heterocycles. The number of terminal acetylenes is 1. The van der Waals surface area contributed by atoms with Crippen molar-refractivity contribution in [1.82, 2.24) is 9.55 Å². The molecular formula is C19H13N3O. The molecule has 0 bridgehead atoms. The molecule has 0 aliphatic carbocycles. The Morgan fingerprint density at radius 1 is 1.22 bits per heavy atom. The SMILES string of the molecule is C#Cc1cccc(Oc2cc(Cn3ccnc3)ccc2C#N)c1. The summed E-state index contributed by atoms with van der Waals surface area (Å²) in [5.41, 5.74) is 2.23. The predicted octanol–water partition coefficient (Wildman–Crippen LogP) is 3.58. The minimum atomic E-state index is 0.477. The number of nitrogens with zero attached hydrogens (tertiary/aromatic N) is 3. The maximum Gasteiger partial charge on any atom is 0.145 e. The van der Waals surface area contributed by atoms with Crippen LogP contribution in [0.2, 0.25) is 0 Å². The van der Waals surface area contributed by atoms with Crippen LogP contribution in [0.1, 0.15) is 16.7 Å². The molecule has 23 heavy (non-hydrogen) atoms. The smallest absolute Gasteiger partial charge is 0.145 e.